The van der Waals surface area contributed by atoms with Crippen molar-refractivity contribution >= 4 is 17.5 Å². The topological polar surface area (TPSA) is 67.9 Å². The van der Waals surface area contributed by atoms with Crippen LogP contribution in [0.3, 0.4) is 0 Å². The number of anilines is 1. The molecule has 2 heterocycles. The Labute approximate surface area is 148 Å². The van der Waals surface area contributed by atoms with Gasteiger partial charge in [-0.25, -0.2) is 0 Å². The van der Waals surface area contributed by atoms with Gasteiger partial charge >= 0.3 is 0 Å². The molecule has 2 saturated heterocycles. The third kappa shape index (κ3) is 4.38. The molecule has 0 aliphatic carbocycles. The number of rotatable bonds is 6. The lowest BCUT2D eigenvalue weighted by molar-refractivity contribution is -0.126. The second-order valence-corrected chi connectivity index (χ2v) is 6.90. The quantitative estimate of drug-likeness (QED) is 0.856. The standard InChI is InChI=1S/C19H26N2O4/c1-13(2)14-3-5-16(6-4-14)21-12-15(11-17(21)22)19(23)20-8-7-18-24-9-10-25-18/h3-6,13,15,18H,7-12H2,1-2H3,(H,20,23). The fraction of sp³-hybridized carbons (Fsp3) is 0.579. The molecule has 1 aromatic rings. The minimum atomic E-state index is -0.303. The largest absolute Gasteiger partial charge is 0.356 e. The molecule has 136 valence electrons. The van der Waals surface area contributed by atoms with E-state index >= 15 is 0 Å². The van der Waals surface area contributed by atoms with Gasteiger partial charge in [-0.05, 0) is 23.6 Å². The van der Waals surface area contributed by atoms with Gasteiger partial charge in [0.1, 0.15) is 0 Å². The minimum absolute atomic E-state index is 0.0000866. The summed E-state index contributed by atoms with van der Waals surface area (Å²) in [6, 6.07) is 8.01. The monoisotopic (exact) mass is 346 g/mol. The summed E-state index contributed by atoms with van der Waals surface area (Å²) in [5.41, 5.74) is 2.10. The summed E-state index contributed by atoms with van der Waals surface area (Å²) < 4.78 is 10.7. The maximum absolute atomic E-state index is 12.3. The number of nitrogens with one attached hydrogen (secondary N) is 1. The molecule has 0 saturated carbocycles. The molecule has 2 aliphatic rings. The van der Waals surface area contributed by atoms with Gasteiger partial charge in [-0.3, -0.25) is 9.59 Å². The lowest BCUT2D eigenvalue weighted by atomic mass is 10.0. The zero-order chi connectivity index (χ0) is 17.8. The molecule has 3 rings (SSSR count). The van der Waals surface area contributed by atoms with Crippen molar-refractivity contribution in [3.05, 3.63) is 29.8 Å². The molecule has 6 nitrogen and oxygen atoms in total. The second-order valence-electron chi connectivity index (χ2n) is 6.90. The smallest absolute Gasteiger partial charge is 0.227 e. The molecule has 1 unspecified atom stereocenters. The van der Waals surface area contributed by atoms with Crippen LogP contribution in [0, 0.1) is 5.92 Å². The third-order valence-corrected chi connectivity index (χ3v) is 4.74. The molecular weight excluding hydrogens is 320 g/mol. The van der Waals surface area contributed by atoms with E-state index in [1.807, 2.05) is 24.3 Å². The number of hydrogen-bond donors (Lipinski definition) is 1. The van der Waals surface area contributed by atoms with Crippen molar-refractivity contribution in [3.8, 4) is 0 Å². The zero-order valence-electron chi connectivity index (χ0n) is 14.9. The SMILES string of the molecule is CC(C)c1ccc(N2CC(C(=O)NCCC3OCCO3)CC2=O)cc1. The van der Waals surface area contributed by atoms with E-state index < -0.39 is 0 Å². The van der Waals surface area contributed by atoms with Gasteiger partial charge in [0.25, 0.3) is 0 Å². The molecule has 1 atom stereocenters. The highest BCUT2D eigenvalue weighted by molar-refractivity contribution is 6.00. The summed E-state index contributed by atoms with van der Waals surface area (Å²) in [5, 5.41) is 2.89. The lowest BCUT2D eigenvalue weighted by Gasteiger charge is -2.18. The van der Waals surface area contributed by atoms with E-state index in [0.29, 0.717) is 38.6 Å². The van der Waals surface area contributed by atoms with Gasteiger partial charge in [-0.1, -0.05) is 26.0 Å². The molecule has 2 aliphatic heterocycles. The number of carbonyl (C=O) groups is 2. The van der Waals surface area contributed by atoms with Gasteiger partial charge in [0.15, 0.2) is 6.29 Å². The third-order valence-electron chi connectivity index (χ3n) is 4.74. The summed E-state index contributed by atoms with van der Waals surface area (Å²) >= 11 is 0. The molecule has 25 heavy (non-hydrogen) atoms. The molecule has 6 heteroatoms. The Hall–Kier alpha value is -1.92. The van der Waals surface area contributed by atoms with E-state index in [-0.39, 0.29) is 30.4 Å². The van der Waals surface area contributed by atoms with Crippen LogP contribution in [0.2, 0.25) is 0 Å². The number of nitrogens with zero attached hydrogens (tertiary/aromatic N) is 1. The van der Waals surface area contributed by atoms with Crippen molar-refractivity contribution in [3.63, 3.8) is 0 Å². The highest BCUT2D eigenvalue weighted by atomic mass is 16.7. The Morgan fingerprint density at radius 1 is 1.24 bits per heavy atom. The average molecular weight is 346 g/mol. The van der Waals surface area contributed by atoms with Gasteiger partial charge in [0.05, 0.1) is 19.1 Å². The fourth-order valence-corrected chi connectivity index (χ4v) is 3.20. The Morgan fingerprint density at radius 3 is 2.56 bits per heavy atom. The Morgan fingerprint density at radius 2 is 1.92 bits per heavy atom. The van der Waals surface area contributed by atoms with Crippen LogP contribution in [-0.4, -0.2) is 44.4 Å². The number of ether oxygens (including phenoxy) is 2. The molecular formula is C19H26N2O4. The summed E-state index contributed by atoms with van der Waals surface area (Å²) in [4.78, 5) is 26.3. The maximum Gasteiger partial charge on any atom is 0.227 e. The van der Waals surface area contributed by atoms with Gasteiger partial charge in [-0.2, -0.15) is 0 Å². The van der Waals surface area contributed by atoms with E-state index in [4.69, 9.17) is 9.47 Å². The van der Waals surface area contributed by atoms with Crippen LogP contribution < -0.4 is 10.2 Å². The van der Waals surface area contributed by atoms with E-state index in [1.54, 1.807) is 4.90 Å². The average Bonchev–Trinajstić information content (AvgIpc) is 3.24. The predicted molar refractivity (Wildman–Crippen MR) is 94.3 cm³/mol. The molecule has 0 spiro atoms. The van der Waals surface area contributed by atoms with Crippen LogP contribution in [-0.2, 0) is 19.1 Å². The van der Waals surface area contributed by atoms with Gasteiger partial charge in [0, 0.05) is 31.6 Å². The molecule has 1 N–H and O–H groups in total. The van der Waals surface area contributed by atoms with E-state index in [9.17, 15) is 9.59 Å². The summed E-state index contributed by atoms with van der Waals surface area (Å²) in [6.45, 7) is 6.43. The van der Waals surface area contributed by atoms with Crippen molar-refractivity contribution < 1.29 is 19.1 Å². The first-order valence-corrected chi connectivity index (χ1v) is 8.96. The molecule has 0 aromatic heterocycles. The molecule has 2 amide bonds. The van der Waals surface area contributed by atoms with Crippen molar-refractivity contribution in [2.75, 3.05) is 31.2 Å². The van der Waals surface area contributed by atoms with Crippen molar-refractivity contribution in [1.82, 2.24) is 5.32 Å². The molecule has 1 aromatic carbocycles. The van der Waals surface area contributed by atoms with Crippen LogP contribution in [0.5, 0.6) is 0 Å². The van der Waals surface area contributed by atoms with Crippen molar-refractivity contribution in [1.29, 1.82) is 0 Å². The summed E-state index contributed by atoms with van der Waals surface area (Å²) in [7, 11) is 0. The Bertz CT molecular complexity index is 608. The Kier molecular flexibility index (Phi) is 5.71. The number of hydrogen-bond acceptors (Lipinski definition) is 4. The molecule has 0 radical (unpaired) electrons. The van der Waals surface area contributed by atoms with Gasteiger partial charge in [-0.15, -0.1) is 0 Å². The predicted octanol–water partition coefficient (Wildman–Crippen LogP) is 2.04. The minimum Gasteiger partial charge on any atom is -0.356 e. The van der Waals surface area contributed by atoms with Crippen LogP contribution in [0.4, 0.5) is 5.69 Å². The lowest BCUT2D eigenvalue weighted by Crippen LogP contribution is -2.34. The zero-order valence-corrected chi connectivity index (χ0v) is 14.9. The van der Waals surface area contributed by atoms with Gasteiger partial charge < -0.3 is 19.7 Å². The summed E-state index contributed by atoms with van der Waals surface area (Å²) in [5.74, 6) is 0.0740. The first kappa shape index (κ1) is 17.9. The first-order valence-electron chi connectivity index (χ1n) is 8.96. The Balaban J connectivity index is 1.51. The maximum atomic E-state index is 12.3. The van der Waals surface area contributed by atoms with E-state index in [1.165, 1.54) is 5.56 Å². The number of benzene rings is 1. The van der Waals surface area contributed by atoms with Crippen LogP contribution >= 0.6 is 0 Å². The van der Waals surface area contributed by atoms with Crippen molar-refractivity contribution in [2.24, 2.45) is 5.92 Å². The second kappa shape index (κ2) is 7.97. The number of carbonyl (C=O) groups excluding carboxylic acids is 2. The normalized spacial score (nSPS) is 21.3. The first-order chi connectivity index (χ1) is 12.0. The van der Waals surface area contributed by atoms with Crippen LogP contribution in [0.25, 0.3) is 0 Å². The van der Waals surface area contributed by atoms with Crippen LogP contribution in [0.1, 0.15) is 38.2 Å². The molecule has 2 fully saturated rings. The van der Waals surface area contributed by atoms with E-state index in [0.717, 1.165) is 5.69 Å². The van der Waals surface area contributed by atoms with Gasteiger partial charge in [0.2, 0.25) is 11.8 Å². The summed E-state index contributed by atoms with van der Waals surface area (Å²) in [6.07, 6.45) is 0.669. The van der Waals surface area contributed by atoms with E-state index in [2.05, 4.69) is 19.2 Å². The van der Waals surface area contributed by atoms with Crippen molar-refractivity contribution in [2.45, 2.75) is 38.9 Å². The highest BCUT2D eigenvalue weighted by Crippen LogP contribution is 2.27. The highest BCUT2D eigenvalue weighted by Gasteiger charge is 2.35. The fourth-order valence-electron chi connectivity index (χ4n) is 3.20. The van der Waals surface area contributed by atoms with Crippen LogP contribution in [0.15, 0.2) is 24.3 Å². The molecule has 0 bridgehead atoms. The number of amides is 2.